The van der Waals surface area contributed by atoms with Crippen LogP contribution in [0, 0.1) is 11.5 Å². The van der Waals surface area contributed by atoms with Crippen LogP contribution in [0.1, 0.15) is 24.3 Å². The summed E-state index contributed by atoms with van der Waals surface area (Å²) in [6.07, 6.45) is 5.97. The van der Waals surface area contributed by atoms with Gasteiger partial charge in [0, 0.05) is 10.0 Å². The van der Waals surface area contributed by atoms with Crippen LogP contribution in [-0.4, -0.2) is 11.4 Å². The van der Waals surface area contributed by atoms with E-state index in [1.807, 2.05) is 12.4 Å². The number of benzene rings is 1. The molecule has 3 nitrogen and oxygen atoms in total. The molecule has 0 aliphatic heterocycles. The number of hydrogen-bond donors (Lipinski definition) is 1. The van der Waals surface area contributed by atoms with Crippen molar-refractivity contribution in [3.05, 3.63) is 27.7 Å². The zero-order chi connectivity index (χ0) is 13.1. The van der Waals surface area contributed by atoms with Gasteiger partial charge in [-0.25, -0.2) is 4.99 Å². The first-order chi connectivity index (χ1) is 8.65. The van der Waals surface area contributed by atoms with E-state index in [2.05, 4.69) is 10.3 Å². The minimum Gasteiger partial charge on any atom is -0.271 e. The van der Waals surface area contributed by atoms with E-state index in [4.69, 9.17) is 28.5 Å². The van der Waals surface area contributed by atoms with E-state index in [-0.39, 0.29) is 0 Å². The molecular weight excluding hydrogens is 289 g/mol. The van der Waals surface area contributed by atoms with Gasteiger partial charge in [0.15, 0.2) is 11.4 Å². The van der Waals surface area contributed by atoms with Crippen molar-refractivity contribution in [1.82, 2.24) is 5.32 Å². The molecule has 1 aliphatic carbocycles. The van der Waals surface area contributed by atoms with E-state index >= 15 is 0 Å². The molecule has 6 heteroatoms. The largest absolute Gasteiger partial charge is 0.271 e. The van der Waals surface area contributed by atoms with Crippen LogP contribution < -0.4 is 5.32 Å². The number of aliphatic imine (C=N–C) groups is 1. The summed E-state index contributed by atoms with van der Waals surface area (Å²) in [7, 11) is 0. The Morgan fingerprint density at radius 3 is 2.50 bits per heavy atom. The van der Waals surface area contributed by atoms with Crippen LogP contribution >= 0.6 is 35.0 Å². The molecule has 1 fully saturated rings. The Hall–Kier alpha value is -0.890. The highest BCUT2D eigenvalue weighted by molar-refractivity contribution is 8.13. The average Bonchev–Trinajstić information content (AvgIpc) is 3.12. The quantitative estimate of drug-likeness (QED) is 0.383. The first kappa shape index (κ1) is 13.5. The van der Waals surface area contributed by atoms with Gasteiger partial charge < -0.3 is 0 Å². The molecule has 1 N–H and O–H groups in total. The van der Waals surface area contributed by atoms with Crippen LogP contribution in [0.3, 0.4) is 0 Å². The van der Waals surface area contributed by atoms with Gasteiger partial charge in [-0.05, 0) is 42.7 Å². The zero-order valence-electron chi connectivity index (χ0n) is 9.70. The first-order valence-electron chi connectivity index (χ1n) is 5.42. The van der Waals surface area contributed by atoms with Crippen molar-refractivity contribution in [2.24, 2.45) is 4.99 Å². The van der Waals surface area contributed by atoms with Crippen molar-refractivity contribution < 1.29 is 0 Å². The van der Waals surface area contributed by atoms with Gasteiger partial charge >= 0.3 is 0 Å². The molecular formula is C12H11Cl2N3S. The van der Waals surface area contributed by atoms with E-state index in [1.54, 1.807) is 12.1 Å². The van der Waals surface area contributed by atoms with Gasteiger partial charge in [-0.1, -0.05) is 35.0 Å². The smallest absolute Gasteiger partial charge is 0.183 e. The van der Waals surface area contributed by atoms with E-state index in [0.29, 0.717) is 26.8 Å². The van der Waals surface area contributed by atoms with Crippen LogP contribution in [0.25, 0.3) is 0 Å². The maximum atomic E-state index is 8.57. The van der Waals surface area contributed by atoms with Crippen LogP contribution in [0.5, 0.6) is 0 Å². The number of hydrogen-bond acceptors (Lipinski definition) is 3. The molecule has 18 heavy (non-hydrogen) atoms. The monoisotopic (exact) mass is 299 g/mol. The number of halogens is 2. The summed E-state index contributed by atoms with van der Waals surface area (Å²) >= 11 is 13.8. The van der Waals surface area contributed by atoms with E-state index in [9.17, 15) is 0 Å². The summed E-state index contributed by atoms with van der Waals surface area (Å²) in [6.45, 7) is 0. The first-order valence-corrected chi connectivity index (χ1v) is 7.40. The molecule has 0 unspecified atom stereocenters. The lowest BCUT2D eigenvalue weighted by Crippen LogP contribution is -2.12. The van der Waals surface area contributed by atoms with E-state index in [0.717, 1.165) is 18.4 Å². The summed E-state index contributed by atoms with van der Waals surface area (Å²) in [4.78, 5) is 4.29. The second-order valence-electron chi connectivity index (χ2n) is 3.96. The number of amidine groups is 1. The lowest BCUT2D eigenvalue weighted by molar-refractivity contribution is 1.13. The fourth-order valence-electron chi connectivity index (χ4n) is 1.69. The highest BCUT2D eigenvalue weighted by atomic mass is 35.5. The van der Waals surface area contributed by atoms with Crippen molar-refractivity contribution in [1.29, 1.82) is 5.26 Å². The molecule has 0 saturated heterocycles. The third-order valence-electron chi connectivity index (χ3n) is 2.64. The predicted molar refractivity (Wildman–Crippen MR) is 77.8 cm³/mol. The minimum atomic E-state index is 0.500. The third kappa shape index (κ3) is 3.11. The summed E-state index contributed by atoms with van der Waals surface area (Å²) in [5.74, 6) is 0.500. The maximum Gasteiger partial charge on any atom is 0.183 e. The van der Waals surface area contributed by atoms with Crippen LogP contribution in [0.15, 0.2) is 17.1 Å². The lowest BCUT2D eigenvalue weighted by atomic mass is 10.1. The molecule has 0 heterocycles. The number of nitrogens with zero attached hydrogens (tertiary/aromatic N) is 2. The molecule has 2 rings (SSSR count). The highest BCUT2D eigenvalue weighted by Gasteiger charge is 2.28. The molecule has 1 saturated carbocycles. The van der Waals surface area contributed by atoms with Gasteiger partial charge in [0.2, 0.25) is 0 Å². The average molecular weight is 300 g/mol. The molecule has 0 bridgehead atoms. The Balaban J connectivity index is 2.33. The molecule has 0 radical (unpaired) electrons. The van der Waals surface area contributed by atoms with Gasteiger partial charge in [-0.3, -0.25) is 5.32 Å². The molecule has 1 aromatic carbocycles. The van der Waals surface area contributed by atoms with Gasteiger partial charge in [-0.15, -0.1) is 0 Å². The SMILES string of the molecule is CSC(=Nc1cc(Cl)c(C2CC2)c(Cl)c1)NC#N. The Morgan fingerprint density at radius 1 is 1.44 bits per heavy atom. The van der Waals surface area contributed by atoms with E-state index in [1.165, 1.54) is 11.8 Å². The minimum absolute atomic E-state index is 0.500. The summed E-state index contributed by atoms with van der Waals surface area (Å²) < 4.78 is 0. The standard InChI is InChI=1S/C12H11Cl2N3S/c1-18-12(16-6-15)17-8-4-9(13)11(7-2-3-7)10(14)5-8/h4-5,7H,2-3H2,1H3,(H,16,17). The number of nitriles is 1. The number of rotatable bonds is 2. The fraction of sp³-hybridized carbons (Fsp3) is 0.333. The van der Waals surface area contributed by atoms with Gasteiger partial charge in [0.25, 0.3) is 0 Å². The number of thioether (sulfide) groups is 1. The molecule has 0 aromatic heterocycles. The van der Waals surface area contributed by atoms with Gasteiger partial charge in [-0.2, -0.15) is 5.26 Å². The zero-order valence-corrected chi connectivity index (χ0v) is 12.0. The van der Waals surface area contributed by atoms with Crippen LogP contribution in [-0.2, 0) is 0 Å². The molecule has 0 amide bonds. The molecule has 0 atom stereocenters. The Labute approximate surface area is 120 Å². The molecule has 94 valence electrons. The van der Waals surface area contributed by atoms with Crippen molar-refractivity contribution in [2.45, 2.75) is 18.8 Å². The highest BCUT2D eigenvalue weighted by Crippen LogP contribution is 2.47. The summed E-state index contributed by atoms with van der Waals surface area (Å²) in [6, 6.07) is 3.58. The van der Waals surface area contributed by atoms with Crippen molar-refractivity contribution >= 4 is 45.8 Å². The normalized spacial score (nSPS) is 15.3. The van der Waals surface area contributed by atoms with Gasteiger partial charge in [0.05, 0.1) is 5.69 Å². The van der Waals surface area contributed by atoms with Crippen molar-refractivity contribution in [3.8, 4) is 6.19 Å². The summed E-state index contributed by atoms with van der Waals surface area (Å²) in [5.41, 5.74) is 1.68. The molecule has 1 aliphatic rings. The Bertz CT molecular complexity index is 510. The topological polar surface area (TPSA) is 48.2 Å². The number of nitrogens with one attached hydrogen (secondary N) is 1. The Morgan fingerprint density at radius 2 is 2.06 bits per heavy atom. The van der Waals surface area contributed by atoms with Crippen LogP contribution in [0.2, 0.25) is 10.0 Å². The van der Waals surface area contributed by atoms with Crippen LogP contribution in [0.4, 0.5) is 5.69 Å². The second kappa shape index (κ2) is 5.83. The lowest BCUT2D eigenvalue weighted by Gasteiger charge is -2.07. The Kier molecular flexibility index (Phi) is 4.39. The van der Waals surface area contributed by atoms with Crippen molar-refractivity contribution in [2.75, 3.05) is 6.26 Å². The third-order valence-corrected chi connectivity index (χ3v) is 3.84. The van der Waals surface area contributed by atoms with E-state index < -0.39 is 0 Å². The maximum absolute atomic E-state index is 8.57. The van der Waals surface area contributed by atoms with Crippen molar-refractivity contribution in [3.63, 3.8) is 0 Å². The molecule has 0 spiro atoms. The summed E-state index contributed by atoms with van der Waals surface area (Å²) in [5, 5.41) is 12.9. The molecule has 1 aromatic rings. The predicted octanol–water partition coefficient (Wildman–Crippen LogP) is 4.29. The fourth-order valence-corrected chi connectivity index (χ4v) is 2.82. The van der Waals surface area contributed by atoms with Gasteiger partial charge in [0.1, 0.15) is 0 Å². The second-order valence-corrected chi connectivity index (χ2v) is 5.56.